The van der Waals surface area contributed by atoms with E-state index in [-0.39, 0.29) is 23.4 Å². The Morgan fingerprint density at radius 1 is 1.27 bits per heavy atom. The predicted molar refractivity (Wildman–Crippen MR) is 106 cm³/mol. The van der Waals surface area contributed by atoms with Gasteiger partial charge in [0.05, 0.1) is 12.2 Å². The number of rotatable bonds is 3. The SMILES string of the molecule is N#Cc1cc(N2CC[C@@H](C(=O)N3N=CC[C@H]3c3cncc(F)c3)CC23CC3)ncn1. The van der Waals surface area contributed by atoms with E-state index in [9.17, 15) is 9.18 Å². The van der Waals surface area contributed by atoms with Gasteiger partial charge in [-0.25, -0.2) is 19.4 Å². The van der Waals surface area contributed by atoms with E-state index in [1.165, 1.54) is 17.4 Å². The highest BCUT2D eigenvalue weighted by molar-refractivity contribution is 5.82. The van der Waals surface area contributed by atoms with Crippen LogP contribution in [0.15, 0.2) is 36.0 Å². The quantitative estimate of drug-likeness (QED) is 0.778. The van der Waals surface area contributed by atoms with Crippen LogP contribution in [0, 0.1) is 23.1 Å². The maximum absolute atomic E-state index is 13.6. The molecule has 3 aliphatic rings. The summed E-state index contributed by atoms with van der Waals surface area (Å²) in [5.41, 5.74) is 0.898. The third-order valence-corrected chi connectivity index (χ3v) is 6.29. The van der Waals surface area contributed by atoms with Gasteiger partial charge in [-0.3, -0.25) is 9.78 Å². The Hall–Kier alpha value is -3.41. The van der Waals surface area contributed by atoms with Gasteiger partial charge < -0.3 is 4.90 Å². The Labute approximate surface area is 173 Å². The highest BCUT2D eigenvalue weighted by Crippen LogP contribution is 2.52. The molecular formula is C21H20FN7O. The van der Waals surface area contributed by atoms with Gasteiger partial charge in [0.25, 0.3) is 0 Å². The minimum atomic E-state index is -0.418. The minimum absolute atomic E-state index is 0.0238. The second kappa shape index (κ2) is 7.13. The molecule has 8 nitrogen and oxygen atoms in total. The van der Waals surface area contributed by atoms with Gasteiger partial charge in [-0.2, -0.15) is 10.4 Å². The lowest BCUT2D eigenvalue weighted by molar-refractivity contribution is -0.138. The number of piperidine rings is 1. The number of carbonyl (C=O) groups is 1. The van der Waals surface area contributed by atoms with E-state index in [4.69, 9.17) is 5.26 Å². The van der Waals surface area contributed by atoms with Crippen LogP contribution in [0.1, 0.15) is 49.4 Å². The second-order valence-corrected chi connectivity index (χ2v) is 8.11. The first-order valence-electron chi connectivity index (χ1n) is 10.1. The summed E-state index contributed by atoms with van der Waals surface area (Å²) in [6, 6.07) is 4.87. The molecule has 30 heavy (non-hydrogen) atoms. The molecule has 2 fully saturated rings. The van der Waals surface area contributed by atoms with Gasteiger partial charge in [0.2, 0.25) is 5.91 Å². The van der Waals surface area contributed by atoms with E-state index in [0.29, 0.717) is 30.6 Å². The number of halogens is 1. The first-order valence-corrected chi connectivity index (χ1v) is 10.1. The first kappa shape index (κ1) is 18.6. The normalized spacial score (nSPS) is 24.1. The molecule has 1 aliphatic carbocycles. The summed E-state index contributed by atoms with van der Waals surface area (Å²) in [6.07, 6.45) is 9.80. The van der Waals surface area contributed by atoms with Crippen LogP contribution in [0.4, 0.5) is 10.2 Å². The number of anilines is 1. The Morgan fingerprint density at radius 2 is 2.13 bits per heavy atom. The zero-order valence-corrected chi connectivity index (χ0v) is 16.3. The van der Waals surface area contributed by atoms with Gasteiger partial charge in [-0.15, -0.1) is 0 Å². The molecule has 5 rings (SSSR count). The number of amides is 1. The standard InChI is InChI=1S/C21H20FN7O/c22-16-7-15(11-24-12-16)18-1-5-27-29(18)20(30)14-2-6-28(21(9-14)3-4-21)19-8-17(10-23)25-13-26-19/h5,7-8,11-14,18H,1-4,6,9H2/t14-,18+/m1/s1. The van der Waals surface area contributed by atoms with Crippen molar-refractivity contribution in [1.82, 2.24) is 20.0 Å². The number of hydrogen-bond acceptors (Lipinski definition) is 7. The van der Waals surface area contributed by atoms with E-state index >= 15 is 0 Å². The van der Waals surface area contributed by atoms with Crippen LogP contribution in [-0.4, -0.2) is 44.2 Å². The number of aromatic nitrogens is 3. The molecule has 9 heteroatoms. The molecule has 0 aromatic carbocycles. The van der Waals surface area contributed by atoms with E-state index < -0.39 is 5.82 Å². The van der Waals surface area contributed by atoms with Crippen molar-refractivity contribution in [3.8, 4) is 6.07 Å². The van der Waals surface area contributed by atoms with Gasteiger partial charge >= 0.3 is 0 Å². The largest absolute Gasteiger partial charge is 0.351 e. The van der Waals surface area contributed by atoms with Crippen LogP contribution in [0.5, 0.6) is 0 Å². The van der Waals surface area contributed by atoms with Crippen LogP contribution in [-0.2, 0) is 4.79 Å². The molecule has 1 saturated heterocycles. The van der Waals surface area contributed by atoms with Crippen molar-refractivity contribution in [3.05, 3.63) is 47.9 Å². The van der Waals surface area contributed by atoms with Crippen molar-refractivity contribution in [1.29, 1.82) is 5.26 Å². The second-order valence-electron chi connectivity index (χ2n) is 8.11. The van der Waals surface area contributed by atoms with E-state index in [2.05, 4.69) is 31.0 Å². The number of carbonyl (C=O) groups excluding carboxylic acids is 1. The van der Waals surface area contributed by atoms with Crippen molar-refractivity contribution < 1.29 is 9.18 Å². The average molecular weight is 405 g/mol. The zero-order chi connectivity index (χ0) is 20.7. The molecule has 1 amide bonds. The fraction of sp³-hybridized carbons (Fsp3) is 0.429. The summed E-state index contributed by atoms with van der Waals surface area (Å²) in [5, 5.41) is 14.9. The molecule has 4 heterocycles. The number of hydrazone groups is 1. The molecule has 1 saturated carbocycles. The average Bonchev–Trinajstić information content (AvgIpc) is 3.34. The van der Waals surface area contributed by atoms with Crippen molar-refractivity contribution in [3.63, 3.8) is 0 Å². The monoisotopic (exact) mass is 405 g/mol. The van der Waals surface area contributed by atoms with Gasteiger partial charge in [0.15, 0.2) is 0 Å². The Kier molecular flexibility index (Phi) is 4.42. The van der Waals surface area contributed by atoms with E-state index in [1.54, 1.807) is 18.5 Å². The molecule has 0 radical (unpaired) electrons. The summed E-state index contributed by atoms with van der Waals surface area (Å²) < 4.78 is 13.6. The minimum Gasteiger partial charge on any atom is -0.351 e. The first-order chi connectivity index (χ1) is 14.6. The number of pyridine rings is 1. The smallest absolute Gasteiger partial charge is 0.246 e. The molecular weight excluding hydrogens is 385 g/mol. The Morgan fingerprint density at radius 3 is 2.90 bits per heavy atom. The maximum Gasteiger partial charge on any atom is 0.246 e. The van der Waals surface area contributed by atoms with Crippen LogP contribution < -0.4 is 4.90 Å². The van der Waals surface area contributed by atoms with Gasteiger partial charge in [0, 0.05) is 42.9 Å². The highest BCUT2D eigenvalue weighted by atomic mass is 19.1. The molecule has 2 aromatic rings. The fourth-order valence-electron chi connectivity index (χ4n) is 4.64. The highest BCUT2D eigenvalue weighted by Gasteiger charge is 2.54. The molecule has 1 spiro atoms. The lowest BCUT2D eigenvalue weighted by Crippen LogP contribution is -2.48. The van der Waals surface area contributed by atoms with Crippen molar-refractivity contribution in [2.24, 2.45) is 11.0 Å². The van der Waals surface area contributed by atoms with E-state index in [0.717, 1.165) is 31.3 Å². The zero-order valence-electron chi connectivity index (χ0n) is 16.3. The fourth-order valence-corrected chi connectivity index (χ4v) is 4.64. The number of hydrogen-bond donors (Lipinski definition) is 0. The van der Waals surface area contributed by atoms with Crippen molar-refractivity contribution in [2.45, 2.75) is 43.7 Å². The summed E-state index contributed by atoms with van der Waals surface area (Å²) in [4.78, 5) is 27.8. The third kappa shape index (κ3) is 3.18. The third-order valence-electron chi connectivity index (χ3n) is 6.29. The molecule has 152 valence electrons. The van der Waals surface area contributed by atoms with Crippen molar-refractivity contribution >= 4 is 17.9 Å². The van der Waals surface area contributed by atoms with Gasteiger partial charge in [0.1, 0.15) is 29.7 Å². The predicted octanol–water partition coefficient (Wildman–Crippen LogP) is 2.59. The van der Waals surface area contributed by atoms with Gasteiger partial charge in [-0.1, -0.05) is 0 Å². The molecule has 2 aliphatic heterocycles. The van der Waals surface area contributed by atoms with Crippen LogP contribution in [0.2, 0.25) is 0 Å². The van der Waals surface area contributed by atoms with Crippen LogP contribution in [0.3, 0.4) is 0 Å². The maximum atomic E-state index is 13.6. The van der Waals surface area contributed by atoms with E-state index in [1.807, 2.05) is 0 Å². The number of nitrogens with zero attached hydrogens (tertiary/aromatic N) is 7. The molecule has 0 bridgehead atoms. The van der Waals surface area contributed by atoms with Crippen LogP contribution >= 0.6 is 0 Å². The molecule has 2 atom stereocenters. The summed E-state index contributed by atoms with van der Waals surface area (Å²) in [5.74, 6) is 0.149. The summed E-state index contributed by atoms with van der Waals surface area (Å²) >= 11 is 0. The summed E-state index contributed by atoms with van der Waals surface area (Å²) in [7, 11) is 0. The number of nitriles is 1. The molecule has 2 aromatic heterocycles. The van der Waals surface area contributed by atoms with Crippen LogP contribution in [0.25, 0.3) is 0 Å². The molecule has 0 N–H and O–H groups in total. The topological polar surface area (TPSA) is 98.4 Å². The summed E-state index contributed by atoms with van der Waals surface area (Å²) in [6.45, 7) is 0.683. The Bertz CT molecular complexity index is 1060. The molecule has 0 unspecified atom stereocenters. The van der Waals surface area contributed by atoms with Crippen molar-refractivity contribution in [2.75, 3.05) is 11.4 Å². The van der Waals surface area contributed by atoms with Gasteiger partial charge in [-0.05, 0) is 37.3 Å². The lowest BCUT2D eigenvalue weighted by Gasteiger charge is -2.41. The Balaban J connectivity index is 1.34. The lowest BCUT2D eigenvalue weighted by atomic mass is 9.87.